The van der Waals surface area contributed by atoms with Crippen molar-refractivity contribution >= 4 is 22.7 Å². The van der Waals surface area contributed by atoms with Crippen LogP contribution in [0.1, 0.15) is 4.88 Å². The van der Waals surface area contributed by atoms with E-state index in [0.29, 0.717) is 25.3 Å². The fraction of sp³-hybridized carbons (Fsp3) is 0.333. The van der Waals surface area contributed by atoms with Gasteiger partial charge in [-0.2, -0.15) is 0 Å². The number of nitrogens with zero attached hydrogens (tertiary/aromatic N) is 1. The molecule has 0 saturated heterocycles. The minimum atomic E-state index is 0.0372. The van der Waals surface area contributed by atoms with Crippen molar-refractivity contribution in [3.63, 3.8) is 0 Å². The van der Waals surface area contributed by atoms with Gasteiger partial charge in [0.25, 0.3) is 0 Å². The summed E-state index contributed by atoms with van der Waals surface area (Å²) in [6, 6.07) is 7.79. The van der Waals surface area contributed by atoms with Crippen molar-refractivity contribution in [3.8, 4) is 11.1 Å². The quantitative estimate of drug-likeness (QED) is 0.577. The summed E-state index contributed by atoms with van der Waals surface area (Å²) in [5.74, 6) is 0. The number of anilines is 2. The van der Waals surface area contributed by atoms with E-state index in [1.165, 1.54) is 0 Å². The number of hydrogen-bond donors (Lipinski definition) is 4. The van der Waals surface area contributed by atoms with Gasteiger partial charge in [0.15, 0.2) is 0 Å². The standard InChI is InChI=1S/C15H21N3O2S/c16-9-13-7-11(10-21-13)14-8-12(1-2-15(14)17)18(3-5-19)4-6-20/h1-2,7-8,10,19-20H,3-6,9,16-17H2. The first-order valence-electron chi connectivity index (χ1n) is 6.83. The third-order valence-electron chi connectivity index (χ3n) is 3.31. The molecule has 0 atom stereocenters. The molecule has 0 amide bonds. The van der Waals surface area contributed by atoms with Crippen LogP contribution in [0.15, 0.2) is 29.6 Å². The molecule has 114 valence electrons. The van der Waals surface area contributed by atoms with Gasteiger partial charge in [-0.15, -0.1) is 11.3 Å². The lowest BCUT2D eigenvalue weighted by Crippen LogP contribution is -2.29. The maximum Gasteiger partial charge on any atom is 0.0606 e. The van der Waals surface area contributed by atoms with Gasteiger partial charge in [0.2, 0.25) is 0 Å². The van der Waals surface area contributed by atoms with E-state index in [9.17, 15) is 0 Å². The molecule has 6 N–H and O–H groups in total. The van der Waals surface area contributed by atoms with Crippen molar-refractivity contribution in [2.45, 2.75) is 6.54 Å². The summed E-state index contributed by atoms with van der Waals surface area (Å²) in [6.45, 7) is 1.54. The van der Waals surface area contributed by atoms with Gasteiger partial charge in [-0.05, 0) is 35.2 Å². The van der Waals surface area contributed by atoms with Gasteiger partial charge in [-0.3, -0.25) is 0 Å². The minimum Gasteiger partial charge on any atom is -0.398 e. The molecular formula is C15H21N3O2S. The third-order valence-corrected chi connectivity index (χ3v) is 4.27. The minimum absolute atomic E-state index is 0.0372. The molecule has 0 aliphatic carbocycles. The van der Waals surface area contributed by atoms with Crippen LogP contribution in [0.4, 0.5) is 11.4 Å². The molecule has 6 heteroatoms. The predicted octanol–water partition coefficient (Wildman–Crippen LogP) is 1.25. The molecular weight excluding hydrogens is 286 g/mol. The summed E-state index contributed by atoms with van der Waals surface area (Å²) in [4.78, 5) is 3.04. The van der Waals surface area contributed by atoms with E-state index in [1.807, 2.05) is 34.5 Å². The van der Waals surface area contributed by atoms with Crippen molar-refractivity contribution in [3.05, 3.63) is 34.5 Å². The van der Waals surface area contributed by atoms with Crippen LogP contribution >= 0.6 is 11.3 Å². The molecule has 1 heterocycles. The summed E-state index contributed by atoms with van der Waals surface area (Å²) in [6.07, 6.45) is 0. The zero-order valence-corrected chi connectivity index (χ0v) is 12.6. The molecule has 0 saturated carbocycles. The number of aliphatic hydroxyl groups excluding tert-OH is 2. The number of aliphatic hydroxyl groups is 2. The molecule has 0 unspecified atom stereocenters. The van der Waals surface area contributed by atoms with Gasteiger partial charge >= 0.3 is 0 Å². The highest BCUT2D eigenvalue weighted by atomic mass is 32.1. The highest BCUT2D eigenvalue weighted by molar-refractivity contribution is 7.10. The molecule has 5 nitrogen and oxygen atoms in total. The Morgan fingerprint density at radius 3 is 2.38 bits per heavy atom. The van der Waals surface area contributed by atoms with Crippen LogP contribution in [-0.4, -0.2) is 36.5 Å². The first-order chi connectivity index (χ1) is 10.2. The second kappa shape index (κ2) is 7.42. The Kier molecular flexibility index (Phi) is 5.58. The fourth-order valence-corrected chi connectivity index (χ4v) is 3.00. The van der Waals surface area contributed by atoms with Crippen molar-refractivity contribution < 1.29 is 10.2 Å². The lowest BCUT2D eigenvalue weighted by molar-refractivity contribution is 0.281. The second-order valence-corrected chi connectivity index (χ2v) is 5.71. The first-order valence-corrected chi connectivity index (χ1v) is 7.71. The Balaban J connectivity index is 2.35. The molecule has 0 aliphatic rings. The zero-order chi connectivity index (χ0) is 15.2. The Hall–Kier alpha value is -1.60. The van der Waals surface area contributed by atoms with Gasteiger partial charge in [-0.25, -0.2) is 0 Å². The van der Waals surface area contributed by atoms with E-state index in [2.05, 4.69) is 0 Å². The molecule has 0 radical (unpaired) electrons. The first kappa shape index (κ1) is 15.8. The molecule has 0 bridgehead atoms. The van der Waals surface area contributed by atoms with Crippen molar-refractivity contribution in [2.24, 2.45) is 5.73 Å². The highest BCUT2D eigenvalue weighted by Gasteiger charge is 2.11. The highest BCUT2D eigenvalue weighted by Crippen LogP contribution is 2.33. The topological polar surface area (TPSA) is 95.7 Å². The number of hydrogen-bond acceptors (Lipinski definition) is 6. The van der Waals surface area contributed by atoms with E-state index < -0.39 is 0 Å². The predicted molar refractivity (Wildman–Crippen MR) is 88.4 cm³/mol. The van der Waals surface area contributed by atoms with E-state index >= 15 is 0 Å². The van der Waals surface area contributed by atoms with Crippen LogP contribution in [0.5, 0.6) is 0 Å². The van der Waals surface area contributed by atoms with Crippen LogP contribution in [0, 0.1) is 0 Å². The monoisotopic (exact) mass is 307 g/mol. The number of benzene rings is 1. The molecule has 21 heavy (non-hydrogen) atoms. The number of rotatable bonds is 7. The smallest absolute Gasteiger partial charge is 0.0606 e. The van der Waals surface area contributed by atoms with Crippen molar-refractivity contribution in [1.82, 2.24) is 0 Å². The summed E-state index contributed by atoms with van der Waals surface area (Å²) >= 11 is 1.61. The summed E-state index contributed by atoms with van der Waals surface area (Å²) in [5.41, 5.74) is 15.4. The lowest BCUT2D eigenvalue weighted by Gasteiger charge is -2.24. The van der Waals surface area contributed by atoms with Gasteiger partial charge in [0.05, 0.1) is 13.2 Å². The lowest BCUT2D eigenvalue weighted by atomic mass is 10.1. The average Bonchev–Trinajstić information content (AvgIpc) is 2.96. The molecule has 1 aromatic heterocycles. The van der Waals surface area contributed by atoms with Crippen LogP contribution in [0.2, 0.25) is 0 Å². The molecule has 2 rings (SSSR count). The Bertz CT molecular complexity index is 580. The van der Waals surface area contributed by atoms with Gasteiger partial charge in [0.1, 0.15) is 0 Å². The van der Waals surface area contributed by atoms with Gasteiger partial charge < -0.3 is 26.6 Å². The summed E-state index contributed by atoms with van der Waals surface area (Å²) in [5, 5.41) is 20.3. The Morgan fingerprint density at radius 1 is 1.10 bits per heavy atom. The molecule has 1 aromatic carbocycles. The summed E-state index contributed by atoms with van der Waals surface area (Å²) in [7, 11) is 0. The molecule has 0 spiro atoms. The third kappa shape index (κ3) is 3.74. The van der Waals surface area contributed by atoms with Crippen LogP contribution in [0.25, 0.3) is 11.1 Å². The normalized spacial score (nSPS) is 10.8. The van der Waals surface area contributed by atoms with Gasteiger partial charge in [0, 0.05) is 41.4 Å². The van der Waals surface area contributed by atoms with E-state index in [1.54, 1.807) is 11.3 Å². The SMILES string of the molecule is NCc1cc(-c2cc(N(CCO)CCO)ccc2N)cs1. The van der Waals surface area contributed by atoms with E-state index in [-0.39, 0.29) is 13.2 Å². The largest absolute Gasteiger partial charge is 0.398 e. The van der Waals surface area contributed by atoms with Gasteiger partial charge in [-0.1, -0.05) is 0 Å². The molecule has 0 aliphatic heterocycles. The average molecular weight is 307 g/mol. The molecule has 0 fully saturated rings. The summed E-state index contributed by atoms with van der Waals surface area (Å²) < 4.78 is 0. The fourth-order valence-electron chi connectivity index (χ4n) is 2.23. The van der Waals surface area contributed by atoms with Crippen molar-refractivity contribution in [2.75, 3.05) is 36.9 Å². The molecule has 2 aromatic rings. The van der Waals surface area contributed by atoms with Crippen LogP contribution in [-0.2, 0) is 6.54 Å². The zero-order valence-electron chi connectivity index (χ0n) is 11.8. The second-order valence-electron chi connectivity index (χ2n) is 4.71. The van der Waals surface area contributed by atoms with E-state index in [0.717, 1.165) is 21.7 Å². The van der Waals surface area contributed by atoms with Crippen LogP contribution < -0.4 is 16.4 Å². The maximum atomic E-state index is 9.14. The van der Waals surface area contributed by atoms with Crippen molar-refractivity contribution in [1.29, 1.82) is 0 Å². The number of nitrogen functional groups attached to an aromatic ring is 1. The number of nitrogens with two attached hydrogens (primary N) is 2. The van der Waals surface area contributed by atoms with E-state index in [4.69, 9.17) is 21.7 Å². The Labute approximate surface area is 128 Å². The maximum absolute atomic E-state index is 9.14. The number of thiophene rings is 1. The Morgan fingerprint density at radius 2 is 1.81 bits per heavy atom. The van der Waals surface area contributed by atoms with Crippen LogP contribution in [0.3, 0.4) is 0 Å².